The molecule has 0 radical (unpaired) electrons. The van der Waals surface area contributed by atoms with Crippen molar-refractivity contribution in [2.24, 2.45) is 0 Å². The predicted molar refractivity (Wildman–Crippen MR) is 106 cm³/mol. The number of carbonyl (C=O) groups is 1. The molecule has 0 saturated carbocycles. The lowest BCUT2D eigenvalue weighted by Gasteiger charge is -2.22. The number of hydrogen-bond acceptors (Lipinski definition) is 8. The van der Waals surface area contributed by atoms with Gasteiger partial charge in [-0.1, -0.05) is 18.2 Å². The molecule has 0 bridgehead atoms. The van der Waals surface area contributed by atoms with Gasteiger partial charge in [0.15, 0.2) is 5.76 Å². The number of hydroxylamine groups is 1. The Hall–Kier alpha value is -2.80. The van der Waals surface area contributed by atoms with Crippen molar-refractivity contribution in [3.63, 3.8) is 0 Å². The molecule has 2 atom stereocenters. The summed E-state index contributed by atoms with van der Waals surface area (Å²) < 4.78 is 30.9. The first-order chi connectivity index (χ1) is 14.0. The fourth-order valence-electron chi connectivity index (χ4n) is 3.29. The molecular formula is C20H16N2O5S2. The molecule has 2 aromatic rings. The van der Waals surface area contributed by atoms with Crippen LogP contribution < -0.4 is 10.2 Å². The van der Waals surface area contributed by atoms with Gasteiger partial charge in [0.25, 0.3) is 0 Å². The van der Waals surface area contributed by atoms with Crippen LogP contribution in [0.4, 0.5) is 0 Å². The molecule has 0 aromatic heterocycles. The smallest absolute Gasteiger partial charge is 0.232 e. The number of benzene rings is 2. The Kier molecular flexibility index (Phi) is 5.08. The topological polar surface area (TPSA) is 105 Å². The van der Waals surface area contributed by atoms with E-state index in [1.165, 1.54) is 43.1 Å². The molecule has 0 amide bonds. The van der Waals surface area contributed by atoms with Gasteiger partial charge < -0.3 is 9.57 Å². The molecule has 0 saturated heterocycles. The zero-order chi connectivity index (χ0) is 20.6. The highest BCUT2D eigenvalue weighted by atomic mass is 32.2. The third-order valence-corrected chi connectivity index (χ3v) is 7.82. The SMILES string of the molecule is COc1ccc(S(=O)(=O)C(C#N)C(=O)C2=C3CSc4ccccc4C3NO2)cc1. The average molecular weight is 428 g/mol. The second-order valence-corrected chi connectivity index (χ2v) is 9.48. The third-order valence-electron chi connectivity index (χ3n) is 4.81. The minimum absolute atomic E-state index is 0.0966. The molecule has 148 valence electrons. The molecule has 29 heavy (non-hydrogen) atoms. The first kappa shape index (κ1) is 19.5. The van der Waals surface area contributed by atoms with Gasteiger partial charge in [-0.2, -0.15) is 5.26 Å². The molecule has 2 unspecified atom stereocenters. The summed E-state index contributed by atoms with van der Waals surface area (Å²) in [7, 11) is -2.77. The zero-order valence-corrected chi connectivity index (χ0v) is 16.9. The number of ketones is 1. The van der Waals surface area contributed by atoms with Crippen LogP contribution in [0.25, 0.3) is 0 Å². The van der Waals surface area contributed by atoms with Gasteiger partial charge in [-0.25, -0.2) is 8.42 Å². The molecule has 2 aliphatic rings. The van der Waals surface area contributed by atoms with E-state index >= 15 is 0 Å². The highest BCUT2D eigenvalue weighted by Gasteiger charge is 2.43. The number of rotatable bonds is 5. The number of fused-ring (bicyclic) bond motifs is 3. The van der Waals surface area contributed by atoms with E-state index in [2.05, 4.69) is 5.48 Å². The van der Waals surface area contributed by atoms with Crippen LogP contribution in [0.3, 0.4) is 0 Å². The lowest BCUT2D eigenvalue weighted by atomic mass is 9.98. The second-order valence-electron chi connectivity index (χ2n) is 6.43. The van der Waals surface area contributed by atoms with Crippen molar-refractivity contribution in [3.8, 4) is 11.8 Å². The van der Waals surface area contributed by atoms with E-state index in [1.54, 1.807) is 6.07 Å². The van der Waals surface area contributed by atoms with Crippen LogP contribution in [0.15, 0.2) is 69.7 Å². The first-order valence-electron chi connectivity index (χ1n) is 8.66. The van der Waals surface area contributed by atoms with Gasteiger partial charge in [-0.15, -0.1) is 17.2 Å². The van der Waals surface area contributed by atoms with Crippen LogP contribution in [-0.2, 0) is 19.5 Å². The monoisotopic (exact) mass is 428 g/mol. The normalized spacial score (nSPS) is 18.8. The highest BCUT2D eigenvalue weighted by Crippen LogP contribution is 2.43. The van der Waals surface area contributed by atoms with Gasteiger partial charge in [-0.3, -0.25) is 4.79 Å². The molecular weight excluding hydrogens is 412 g/mol. The number of methoxy groups -OCH3 is 1. The summed E-state index contributed by atoms with van der Waals surface area (Å²) in [6, 6.07) is 14.6. The van der Waals surface area contributed by atoms with Gasteiger partial charge >= 0.3 is 0 Å². The molecule has 0 fully saturated rings. The molecule has 4 rings (SSSR count). The van der Waals surface area contributed by atoms with Crippen LogP contribution in [-0.4, -0.2) is 32.3 Å². The van der Waals surface area contributed by atoms with E-state index in [1.807, 2.05) is 24.3 Å². The van der Waals surface area contributed by atoms with Gasteiger partial charge in [-0.05, 0) is 35.9 Å². The summed E-state index contributed by atoms with van der Waals surface area (Å²) in [5.74, 6) is -0.0250. The first-order valence-corrected chi connectivity index (χ1v) is 11.2. The van der Waals surface area contributed by atoms with Crippen LogP contribution >= 0.6 is 11.8 Å². The zero-order valence-electron chi connectivity index (χ0n) is 15.3. The Morgan fingerprint density at radius 2 is 2.00 bits per heavy atom. The van der Waals surface area contributed by atoms with Crippen LogP contribution in [0.2, 0.25) is 0 Å². The molecule has 2 aliphatic heterocycles. The lowest BCUT2D eigenvalue weighted by Crippen LogP contribution is -2.31. The van der Waals surface area contributed by atoms with Gasteiger partial charge in [0.2, 0.25) is 20.9 Å². The summed E-state index contributed by atoms with van der Waals surface area (Å²) in [5.41, 5.74) is 4.40. The fraction of sp³-hybridized carbons (Fsp3) is 0.200. The molecule has 2 heterocycles. The van der Waals surface area contributed by atoms with Crippen molar-refractivity contribution in [2.75, 3.05) is 12.9 Å². The van der Waals surface area contributed by atoms with Crippen LogP contribution in [0, 0.1) is 11.3 Å². The number of sulfone groups is 1. The summed E-state index contributed by atoms with van der Waals surface area (Å²) in [5, 5.41) is 7.63. The van der Waals surface area contributed by atoms with Crippen molar-refractivity contribution in [2.45, 2.75) is 21.1 Å². The number of nitrogens with zero attached hydrogens (tertiary/aromatic N) is 1. The largest absolute Gasteiger partial charge is 0.497 e. The number of hydrogen-bond donors (Lipinski definition) is 1. The minimum Gasteiger partial charge on any atom is -0.497 e. The second kappa shape index (κ2) is 7.55. The Morgan fingerprint density at radius 1 is 1.28 bits per heavy atom. The summed E-state index contributed by atoms with van der Waals surface area (Å²) in [6.07, 6.45) is 0. The molecule has 2 aromatic carbocycles. The number of ether oxygens (including phenoxy) is 1. The van der Waals surface area contributed by atoms with E-state index in [9.17, 15) is 18.5 Å². The van der Waals surface area contributed by atoms with E-state index in [0.29, 0.717) is 17.1 Å². The number of nitrogens with one attached hydrogen (secondary N) is 1. The van der Waals surface area contributed by atoms with Crippen molar-refractivity contribution in [1.29, 1.82) is 5.26 Å². The number of carbonyl (C=O) groups excluding carboxylic acids is 1. The van der Waals surface area contributed by atoms with Crippen molar-refractivity contribution >= 4 is 27.4 Å². The Morgan fingerprint density at radius 3 is 2.69 bits per heavy atom. The molecule has 0 spiro atoms. The molecule has 0 aliphatic carbocycles. The highest BCUT2D eigenvalue weighted by molar-refractivity contribution is 7.99. The summed E-state index contributed by atoms with van der Waals surface area (Å²) >= 11 is 1.54. The summed E-state index contributed by atoms with van der Waals surface area (Å²) in [6.45, 7) is 0. The maximum Gasteiger partial charge on any atom is 0.232 e. The van der Waals surface area contributed by atoms with E-state index in [4.69, 9.17) is 9.57 Å². The van der Waals surface area contributed by atoms with Crippen LogP contribution in [0.1, 0.15) is 11.6 Å². The van der Waals surface area contributed by atoms with Crippen molar-refractivity contribution < 1.29 is 22.8 Å². The Labute approximate surface area is 172 Å². The Bertz CT molecular complexity index is 1150. The fourth-order valence-corrected chi connectivity index (χ4v) is 5.74. The third kappa shape index (κ3) is 3.29. The van der Waals surface area contributed by atoms with Crippen molar-refractivity contribution in [3.05, 3.63) is 65.4 Å². The standard InChI is InChI=1S/C20H16N2O5S2/c1-26-12-6-8-13(9-7-12)29(24,25)17(10-21)19(23)20-15-11-28-16-5-3-2-4-14(16)18(15)22-27-20/h2-9,17-18,22H,11H2,1H3. The summed E-state index contributed by atoms with van der Waals surface area (Å²) in [4.78, 5) is 19.4. The lowest BCUT2D eigenvalue weighted by molar-refractivity contribution is -0.118. The van der Waals surface area contributed by atoms with E-state index in [0.717, 1.165) is 10.5 Å². The van der Waals surface area contributed by atoms with Gasteiger partial charge in [0.1, 0.15) is 5.75 Å². The van der Waals surface area contributed by atoms with Crippen molar-refractivity contribution in [1.82, 2.24) is 5.48 Å². The maximum atomic E-state index is 13.0. The average Bonchev–Trinajstić information content (AvgIpc) is 3.18. The number of nitriles is 1. The van der Waals surface area contributed by atoms with E-state index < -0.39 is 20.9 Å². The molecule has 7 nitrogen and oxygen atoms in total. The van der Waals surface area contributed by atoms with E-state index in [-0.39, 0.29) is 16.7 Å². The molecule has 1 N–H and O–H groups in total. The minimum atomic E-state index is -4.23. The number of Topliss-reactive ketones (excluding diaryl/α,β-unsaturated/α-hetero) is 1. The predicted octanol–water partition coefficient (Wildman–Crippen LogP) is 2.57. The quantitative estimate of drug-likeness (QED) is 0.775. The van der Waals surface area contributed by atoms with Gasteiger partial charge in [0, 0.05) is 16.2 Å². The maximum absolute atomic E-state index is 13.0. The number of allylic oxidation sites excluding steroid dienone is 1. The Balaban J connectivity index is 1.69. The number of thioether (sulfide) groups is 1. The molecule has 9 heteroatoms. The van der Waals surface area contributed by atoms with Crippen LogP contribution in [0.5, 0.6) is 5.75 Å². The van der Waals surface area contributed by atoms with Gasteiger partial charge in [0.05, 0.1) is 24.1 Å².